The van der Waals surface area contributed by atoms with E-state index in [-0.39, 0.29) is 11.3 Å². The van der Waals surface area contributed by atoms with Gasteiger partial charge in [0.05, 0.1) is 23.3 Å². The lowest BCUT2D eigenvalue weighted by Crippen LogP contribution is -2.31. The van der Waals surface area contributed by atoms with Crippen LogP contribution in [0.5, 0.6) is 0 Å². The van der Waals surface area contributed by atoms with E-state index in [1.54, 1.807) is 6.07 Å². The van der Waals surface area contributed by atoms with Crippen molar-refractivity contribution < 1.29 is 19.2 Å². The molecule has 2 amide bonds. The normalized spacial score (nSPS) is 10.4. The number of rotatable bonds is 8. The lowest BCUT2D eigenvalue weighted by molar-refractivity contribution is -0.385. The van der Waals surface area contributed by atoms with Crippen molar-refractivity contribution in [2.75, 3.05) is 20.3 Å². The topological polar surface area (TPSA) is 123 Å². The summed E-state index contributed by atoms with van der Waals surface area (Å²) in [6.07, 6.45) is 0.761. The molecule has 0 aliphatic carbocycles. The van der Waals surface area contributed by atoms with E-state index >= 15 is 0 Å². The number of hydrogen-bond acceptors (Lipinski definition) is 6. The summed E-state index contributed by atoms with van der Waals surface area (Å²) < 4.78 is 4.75. The van der Waals surface area contributed by atoms with Crippen molar-refractivity contribution in [2.45, 2.75) is 6.42 Å². The molecular formula is C13H16N4O5. The first-order valence-electron chi connectivity index (χ1n) is 6.35. The maximum absolute atomic E-state index is 11.4. The zero-order valence-electron chi connectivity index (χ0n) is 11.9. The zero-order chi connectivity index (χ0) is 16.4. The maximum Gasteiger partial charge on any atom is 0.278 e. The molecule has 0 heterocycles. The SMILES string of the molecule is COCCNC(=O)CC(=O)N/N=C/c1ccccc1[N+](=O)[O-]. The number of hydrogen-bond donors (Lipinski definition) is 2. The molecule has 0 saturated carbocycles. The molecule has 0 aliphatic heterocycles. The predicted octanol–water partition coefficient (Wildman–Crippen LogP) is 0.198. The summed E-state index contributed by atoms with van der Waals surface area (Å²) in [5, 5.41) is 16.9. The van der Waals surface area contributed by atoms with Gasteiger partial charge < -0.3 is 10.1 Å². The summed E-state index contributed by atoms with van der Waals surface area (Å²) in [4.78, 5) is 33.0. The molecule has 0 bridgehead atoms. The van der Waals surface area contributed by atoms with Gasteiger partial charge in [0, 0.05) is 19.7 Å². The Kier molecular flexibility index (Phi) is 7.20. The van der Waals surface area contributed by atoms with Crippen LogP contribution >= 0.6 is 0 Å². The molecule has 0 atom stereocenters. The Morgan fingerprint density at radius 3 is 2.77 bits per heavy atom. The van der Waals surface area contributed by atoms with Crippen LogP contribution in [-0.4, -0.2) is 43.2 Å². The number of methoxy groups -OCH3 is 1. The highest BCUT2D eigenvalue weighted by atomic mass is 16.6. The van der Waals surface area contributed by atoms with E-state index in [1.807, 2.05) is 0 Å². The Balaban J connectivity index is 2.47. The standard InChI is InChI=1S/C13H16N4O5/c1-22-7-6-14-12(18)8-13(19)16-15-9-10-4-2-3-5-11(10)17(20)21/h2-5,9H,6-8H2,1H3,(H,14,18)(H,16,19)/b15-9+. The molecule has 9 heteroatoms. The van der Waals surface area contributed by atoms with Crippen LogP contribution < -0.4 is 10.7 Å². The van der Waals surface area contributed by atoms with E-state index in [9.17, 15) is 19.7 Å². The molecule has 1 rings (SSSR count). The van der Waals surface area contributed by atoms with Crippen LogP contribution in [0.15, 0.2) is 29.4 Å². The van der Waals surface area contributed by atoms with E-state index in [1.165, 1.54) is 25.3 Å². The minimum Gasteiger partial charge on any atom is -0.383 e. The molecule has 118 valence electrons. The number of para-hydroxylation sites is 1. The quantitative estimate of drug-likeness (QED) is 0.233. The highest BCUT2D eigenvalue weighted by molar-refractivity contribution is 5.97. The van der Waals surface area contributed by atoms with Gasteiger partial charge in [-0.2, -0.15) is 5.10 Å². The molecule has 9 nitrogen and oxygen atoms in total. The third-order valence-corrected chi connectivity index (χ3v) is 2.48. The van der Waals surface area contributed by atoms with Crippen molar-refractivity contribution in [3.63, 3.8) is 0 Å². The van der Waals surface area contributed by atoms with Gasteiger partial charge in [-0.3, -0.25) is 19.7 Å². The molecule has 1 aromatic rings. The number of nitrogens with one attached hydrogen (secondary N) is 2. The number of carbonyl (C=O) groups is 2. The summed E-state index contributed by atoms with van der Waals surface area (Å²) in [6.45, 7) is 0.658. The average Bonchev–Trinajstić information content (AvgIpc) is 2.47. The smallest absolute Gasteiger partial charge is 0.278 e. The third-order valence-electron chi connectivity index (χ3n) is 2.48. The summed E-state index contributed by atoms with van der Waals surface area (Å²) >= 11 is 0. The van der Waals surface area contributed by atoms with Crippen molar-refractivity contribution in [2.24, 2.45) is 5.10 Å². The number of hydrazone groups is 1. The van der Waals surface area contributed by atoms with Crippen molar-refractivity contribution in [3.8, 4) is 0 Å². The molecule has 0 unspecified atom stereocenters. The Hall–Kier alpha value is -2.81. The molecule has 22 heavy (non-hydrogen) atoms. The minimum absolute atomic E-state index is 0.127. The first-order chi connectivity index (χ1) is 10.5. The van der Waals surface area contributed by atoms with Crippen LogP contribution in [-0.2, 0) is 14.3 Å². The molecule has 0 radical (unpaired) electrons. The van der Waals surface area contributed by atoms with Crippen molar-refractivity contribution >= 4 is 23.7 Å². The van der Waals surface area contributed by atoms with Crippen LogP contribution in [0.2, 0.25) is 0 Å². The monoisotopic (exact) mass is 308 g/mol. The summed E-state index contributed by atoms with van der Waals surface area (Å²) in [7, 11) is 1.50. The Morgan fingerprint density at radius 2 is 2.09 bits per heavy atom. The molecule has 0 aliphatic rings. The molecule has 0 aromatic heterocycles. The Morgan fingerprint density at radius 1 is 1.36 bits per heavy atom. The van der Waals surface area contributed by atoms with Gasteiger partial charge in [0.2, 0.25) is 11.8 Å². The van der Waals surface area contributed by atoms with Gasteiger partial charge in [-0.1, -0.05) is 12.1 Å². The number of ether oxygens (including phenoxy) is 1. The minimum atomic E-state index is -0.621. The number of nitro benzene ring substituents is 1. The number of benzene rings is 1. The Labute approximate surface area is 126 Å². The third kappa shape index (κ3) is 6.09. The fourth-order valence-electron chi connectivity index (χ4n) is 1.48. The first kappa shape index (κ1) is 17.2. The van der Waals surface area contributed by atoms with Crippen molar-refractivity contribution in [3.05, 3.63) is 39.9 Å². The first-order valence-corrected chi connectivity index (χ1v) is 6.35. The number of carbonyl (C=O) groups excluding carboxylic acids is 2. The molecule has 2 N–H and O–H groups in total. The second kappa shape index (κ2) is 9.19. The highest BCUT2D eigenvalue weighted by Gasteiger charge is 2.11. The molecule has 0 spiro atoms. The van der Waals surface area contributed by atoms with Gasteiger partial charge in [-0.25, -0.2) is 5.43 Å². The van der Waals surface area contributed by atoms with Crippen LogP contribution in [0.4, 0.5) is 5.69 Å². The molecular weight excluding hydrogens is 292 g/mol. The van der Waals surface area contributed by atoms with Gasteiger partial charge in [0.1, 0.15) is 6.42 Å². The molecule has 0 fully saturated rings. The van der Waals surface area contributed by atoms with Crippen molar-refractivity contribution in [1.82, 2.24) is 10.7 Å². The summed E-state index contributed by atoms with van der Waals surface area (Å²) in [5.74, 6) is -1.08. The number of nitrogens with zero attached hydrogens (tertiary/aromatic N) is 2. The second-order valence-electron chi connectivity index (χ2n) is 4.13. The van der Waals surface area contributed by atoms with Crippen LogP contribution in [0, 0.1) is 10.1 Å². The van der Waals surface area contributed by atoms with E-state index in [4.69, 9.17) is 4.74 Å². The van der Waals surface area contributed by atoms with E-state index in [0.29, 0.717) is 13.2 Å². The van der Waals surface area contributed by atoms with E-state index in [0.717, 1.165) is 6.21 Å². The second-order valence-corrected chi connectivity index (χ2v) is 4.13. The van der Waals surface area contributed by atoms with Crippen LogP contribution in [0.25, 0.3) is 0 Å². The average molecular weight is 308 g/mol. The molecule has 1 aromatic carbocycles. The zero-order valence-corrected chi connectivity index (χ0v) is 11.9. The van der Waals surface area contributed by atoms with Gasteiger partial charge in [0.25, 0.3) is 5.69 Å². The molecule has 0 saturated heterocycles. The van der Waals surface area contributed by atoms with E-state index < -0.39 is 23.2 Å². The Bertz CT molecular complexity index is 573. The predicted molar refractivity (Wildman–Crippen MR) is 78.3 cm³/mol. The number of nitro groups is 1. The number of amides is 2. The van der Waals surface area contributed by atoms with Crippen molar-refractivity contribution in [1.29, 1.82) is 0 Å². The fraction of sp³-hybridized carbons (Fsp3) is 0.308. The largest absolute Gasteiger partial charge is 0.383 e. The van der Waals surface area contributed by atoms with Gasteiger partial charge in [-0.15, -0.1) is 0 Å². The van der Waals surface area contributed by atoms with Crippen LogP contribution in [0.1, 0.15) is 12.0 Å². The fourth-order valence-corrected chi connectivity index (χ4v) is 1.48. The van der Waals surface area contributed by atoms with Crippen LogP contribution in [0.3, 0.4) is 0 Å². The highest BCUT2D eigenvalue weighted by Crippen LogP contribution is 2.14. The maximum atomic E-state index is 11.4. The summed E-state index contributed by atoms with van der Waals surface area (Å²) in [5.41, 5.74) is 2.25. The van der Waals surface area contributed by atoms with Gasteiger partial charge >= 0.3 is 0 Å². The lowest BCUT2D eigenvalue weighted by Gasteiger charge is -2.03. The van der Waals surface area contributed by atoms with Gasteiger partial charge in [-0.05, 0) is 6.07 Å². The van der Waals surface area contributed by atoms with Gasteiger partial charge in [0.15, 0.2) is 0 Å². The summed E-state index contributed by atoms with van der Waals surface area (Å²) in [6, 6.07) is 5.95. The lowest BCUT2D eigenvalue weighted by atomic mass is 10.2. The van der Waals surface area contributed by atoms with E-state index in [2.05, 4.69) is 15.8 Å².